The molecule has 0 unspecified atom stereocenters. The second-order valence-corrected chi connectivity index (χ2v) is 5.10. The molecule has 1 aromatic carbocycles. The summed E-state index contributed by atoms with van der Waals surface area (Å²) in [6, 6.07) is 7.30. The fourth-order valence-electron chi connectivity index (χ4n) is 1.93. The van der Waals surface area contributed by atoms with Gasteiger partial charge in [0.05, 0.1) is 12.8 Å². The highest BCUT2D eigenvalue weighted by Gasteiger charge is 2.27. The van der Waals surface area contributed by atoms with Crippen molar-refractivity contribution in [1.82, 2.24) is 4.98 Å². The number of carbonyl (C=O) groups is 1. The van der Waals surface area contributed by atoms with Gasteiger partial charge >= 0.3 is 0 Å². The van der Waals surface area contributed by atoms with Crippen molar-refractivity contribution < 1.29 is 23.0 Å². The van der Waals surface area contributed by atoms with E-state index in [1.807, 2.05) is 0 Å². The van der Waals surface area contributed by atoms with Crippen molar-refractivity contribution in [2.24, 2.45) is 0 Å². The zero-order valence-electron chi connectivity index (χ0n) is 12.4. The maximum atomic E-state index is 14.0. The average Bonchev–Trinajstić information content (AvgIpc) is 2.50. The van der Waals surface area contributed by atoms with E-state index in [-0.39, 0.29) is 17.9 Å². The van der Waals surface area contributed by atoms with E-state index in [2.05, 4.69) is 4.98 Å². The van der Waals surface area contributed by atoms with Crippen LogP contribution in [0, 0.1) is 11.6 Å². The number of nitrogens with zero attached hydrogens (tertiary/aromatic N) is 1. The Morgan fingerprint density at radius 3 is 2.36 bits per heavy atom. The maximum Gasteiger partial charge on any atom is 0.294 e. The van der Waals surface area contributed by atoms with Gasteiger partial charge in [-0.05, 0) is 38.1 Å². The number of ether oxygens (including phenoxy) is 2. The highest BCUT2D eigenvalue weighted by Crippen LogP contribution is 2.29. The largest absolute Gasteiger partial charge is 0.497 e. The molecule has 4 nitrogen and oxygen atoms in total. The molecule has 2 rings (SSSR count). The Kier molecular flexibility index (Phi) is 4.40. The van der Waals surface area contributed by atoms with Gasteiger partial charge in [-0.2, -0.15) is 0 Å². The number of pyridine rings is 1. The summed E-state index contributed by atoms with van der Waals surface area (Å²) in [6.07, 6.45) is 0. The lowest BCUT2D eigenvalue weighted by atomic mass is 10.0. The minimum atomic E-state index is -1.17. The Morgan fingerprint density at radius 1 is 1.18 bits per heavy atom. The molecule has 0 radical (unpaired) electrons. The van der Waals surface area contributed by atoms with Gasteiger partial charge in [-0.3, -0.25) is 4.79 Å². The third-order valence-electron chi connectivity index (χ3n) is 3.24. The number of benzene rings is 1. The Morgan fingerprint density at radius 2 is 1.82 bits per heavy atom. The third-order valence-corrected chi connectivity index (χ3v) is 3.24. The van der Waals surface area contributed by atoms with E-state index in [0.717, 1.165) is 6.07 Å². The van der Waals surface area contributed by atoms with E-state index in [1.165, 1.54) is 7.11 Å². The first-order valence-corrected chi connectivity index (χ1v) is 6.51. The second kappa shape index (κ2) is 6.09. The van der Waals surface area contributed by atoms with Crippen LogP contribution in [0.4, 0.5) is 8.78 Å². The van der Waals surface area contributed by atoms with E-state index in [1.54, 1.807) is 38.1 Å². The number of hydrogen-bond donors (Lipinski definition) is 0. The highest BCUT2D eigenvalue weighted by atomic mass is 19.2. The number of hydrogen-bond acceptors (Lipinski definition) is 4. The van der Waals surface area contributed by atoms with Gasteiger partial charge in [-0.15, -0.1) is 0 Å². The predicted molar refractivity (Wildman–Crippen MR) is 76.3 cm³/mol. The van der Waals surface area contributed by atoms with Crippen molar-refractivity contribution >= 4 is 6.47 Å². The van der Waals surface area contributed by atoms with Crippen LogP contribution < -0.4 is 4.74 Å². The van der Waals surface area contributed by atoms with Gasteiger partial charge in [0.15, 0.2) is 11.6 Å². The zero-order valence-corrected chi connectivity index (χ0v) is 12.4. The molecule has 1 aromatic heterocycles. The lowest BCUT2D eigenvalue weighted by molar-refractivity contribution is -0.141. The Bertz CT molecular complexity index is 685. The van der Waals surface area contributed by atoms with Crippen molar-refractivity contribution in [3.63, 3.8) is 0 Å². The SMILES string of the molecule is COc1ccc(-c2nc(C(C)(C)OC=O)cc(F)c2F)cc1. The van der Waals surface area contributed by atoms with Crippen LogP contribution >= 0.6 is 0 Å². The molecule has 0 aliphatic rings. The van der Waals surface area contributed by atoms with Crippen molar-refractivity contribution in [3.8, 4) is 17.0 Å². The van der Waals surface area contributed by atoms with E-state index < -0.39 is 17.2 Å². The summed E-state index contributed by atoms with van der Waals surface area (Å²) >= 11 is 0. The molecule has 0 aliphatic heterocycles. The molecule has 0 saturated heterocycles. The first kappa shape index (κ1) is 15.9. The number of carbonyl (C=O) groups excluding carboxylic acids is 1. The first-order valence-electron chi connectivity index (χ1n) is 6.51. The molecule has 0 N–H and O–H groups in total. The monoisotopic (exact) mass is 307 g/mol. The number of aromatic nitrogens is 1. The van der Waals surface area contributed by atoms with Crippen LogP contribution in [0.5, 0.6) is 5.75 Å². The van der Waals surface area contributed by atoms with Gasteiger partial charge < -0.3 is 9.47 Å². The zero-order chi connectivity index (χ0) is 16.3. The summed E-state index contributed by atoms with van der Waals surface area (Å²) in [7, 11) is 1.51. The quantitative estimate of drug-likeness (QED) is 0.794. The third kappa shape index (κ3) is 3.05. The van der Waals surface area contributed by atoms with Gasteiger partial charge in [-0.25, -0.2) is 13.8 Å². The first-order chi connectivity index (χ1) is 10.4. The average molecular weight is 307 g/mol. The molecule has 1 heterocycles. The molecule has 0 atom stereocenters. The molecule has 2 aromatic rings. The molecule has 0 amide bonds. The topological polar surface area (TPSA) is 48.4 Å². The van der Waals surface area contributed by atoms with Gasteiger partial charge in [-0.1, -0.05) is 0 Å². The smallest absolute Gasteiger partial charge is 0.294 e. The standard InChI is InChI=1S/C16H15F2NO3/c1-16(2,22-9-20)13-8-12(17)14(18)15(19-13)10-4-6-11(21-3)7-5-10/h4-9H,1-3H3. The molecular weight excluding hydrogens is 292 g/mol. The predicted octanol–water partition coefficient (Wildman–Crippen LogP) is 3.44. The highest BCUT2D eigenvalue weighted by molar-refractivity contribution is 5.61. The van der Waals surface area contributed by atoms with Crippen LogP contribution in [-0.4, -0.2) is 18.6 Å². The molecule has 0 fully saturated rings. The van der Waals surface area contributed by atoms with Crippen molar-refractivity contribution in [3.05, 3.63) is 47.7 Å². The summed E-state index contributed by atoms with van der Waals surface area (Å²) in [6.45, 7) is 3.33. The van der Waals surface area contributed by atoms with Crippen LogP contribution in [0.2, 0.25) is 0 Å². The van der Waals surface area contributed by atoms with Gasteiger partial charge in [0.25, 0.3) is 6.47 Å². The van der Waals surface area contributed by atoms with Crippen LogP contribution in [-0.2, 0) is 15.1 Å². The number of rotatable bonds is 5. The number of methoxy groups -OCH3 is 1. The van der Waals surface area contributed by atoms with E-state index >= 15 is 0 Å². The molecule has 116 valence electrons. The van der Waals surface area contributed by atoms with Crippen molar-refractivity contribution in [1.29, 1.82) is 0 Å². The minimum Gasteiger partial charge on any atom is -0.497 e. The summed E-state index contributed by atoms with van der Waals surface area (Å²) in [5.74, 6) is -1.53. The lowest BCUT2D eigenvalue weighted by Gasteiger charge is -2.22. The molecule has 0 spiro atoms. The molecule has 22 heavy (non-hydrogen) atoms. The van der Waals surface area contributed by atoms with Crippen LogP contribution in [0.1, 0.15) is 19.5 Å². The van der Waals surface area contributed by atoms with Gasteiger partial charge in [0, 0.05) is 11.6 Å². The van der Waals surface area contributed by atoms with Crippen LogP contribution in [0.3, 0.4) is 0 Å². The van der Waals surface area contributed by atoms with E-state index in [9.17, 15) is 13.6 Å². The van der Waals surface area contributed by atoms with Crippen molar-refractivity contribution in [2.75, 3.05) is 7.11 Å². The summed E-state index contributed by atoms with van der Waals surface area (Å²) in [5.41, 5.74) is -0.817. The number of halogens is 2. The molecule has 0 aliphatic carbocycles. The molecule has 0 bridgehead atoms. The fourth-order valence-corrected chi connectivity index (χ4v) is 1.93. The van der Waals surface area contributed by atoms with Crippen LogP contribution in [0.15, 0.2) is 30.3 Å². The van der Waals surface area contributed by atoms with Crippen LogP contribution in [0.25, 0.3) is 11.3 Å². The molecule has 0 saturated carbocycles. The Labute approximate surface area is 126 Å². The second-order valence-electron chi connectivity index (χ2n) is 5.10. The van der Waals surface area contributed by atoms with Gasteiger partial charge in [0.2, 0.25) is 0 Å². The molecular formula is C16H15F2NO3. The van der Waals surface area contributed by atoms with Crippen molar-refractivity contribution in [2.45, 2.75) is 19.4 Å². The summed E-state index contributed by atoms with van der Waals surface area (Å²) < 4.78 is 37.8. The normalized spacial score (nSPS) is 11.1. The Balaban J connectivity index is 2.55. The van der Waals surface area contributed by atoms with E-state index in [0.29, 0.717) is 11.3 Å². The Hall–Kier alpha value is -2.50. The van der Waals surface area contributed by atoms with Gasteiger partial charge in [0.1, 0.15) is 17.0 Å². The summed E-state index contributed by atoms with van der Waals surface area (Å²) in [5, 5.41) is 0. The maximum absolute atomic E-state index is 14.0. The fraction of sp³-hybridized carbons (Fsp3) is 0.250. The van der Waals surface area contributed by atoms with E-state index in [4.69, 9.17) is 9.47 Å². The molecule has 6 heteroatoms. The minimum absolute atomic E-state index is 0.115. The summed E-state index contributed by atoms with van der Waals surface area (Å²) in [4.78, 5) is 14.6. The lowest BCUT2D eigenvalue weighted by Crippen LogP contribution is -2.23.